The summed E-state index contributed by atoms with van der Waals surface area (Å²) in [7, 11) is 0. The van der Waals surface area contributed by atoms with Gasteiger partial charge in [0.15, 0.2) is 0 Å². The molecule has 0 aliphatic heterocycles. The van der Waals surface area contributed by atoms with Gasteiger partial charge in [-0.25, -0.2) is 33.6 Å². The molecule has 20 nitrogen and oxygen atoms in total. The van der Waals surface area contributed by atoms with Crippen molar-refractivity contribution < 1.29 is 95.1 Å². The van der Waals surface area contributed by atoms with Crippen LogP contribution in [0.1, 0.15) is 328 Å². The van der Waals surface area contributed by atoms with Gasteiger partial charge in [-0.3, -0.25) is 0 Å². The molecular formula is C111H166O20. The number of rotatable bonds is 26. The molecule has 0 radical (unpaired) electrons. The van der Waals surface area contributed by atoms with Crippen LogP contribution in [0, 0.1) is 159 Å². The molecule has 0 aromatic rings. The maximum atomic E-state index is 11.7. The molecule has 0 amide bonds. The lowest BCUT2D eigenvalue weighted by atomic mass is 9.54. The Morgan fingerprint density at radius 2 is 0.679 bits per heavy atom. The van der Waals surface area contributed by atoms with E-state index < -0.39 is 49.7 Å². The van der Waals surface area contributed by atoms with E-state index in [0.717, 1.165) is 164 Å². The molecule has 25 saturated carbocycles. The Hall–Kier alpha value is -5.77. The van der Waals surface area contributed by atoms with Gasteiger partial charge in [0.2, 0.25) is 37.7 Å². The van der Waals surface area contributed by atoms with Gasteiger partial charge in [0.25, 0.3) is 0 Å². The molecule has 730 valence electrons. The Labute approximate surface area is 785 Å². The molecular weight excluding hydrogens is 1650 g/mol. The largest absolute Gasteiger partial charge is 0.456 e. The zero-order valence-corrected chi connectivity index (χ0v) is 82.5. The molecule has 25 rings (SSSR count). The lowest BCUT2D eigenvalue weighted by Gasteiger charge is -2.56. The molecule has 131 heavy (non-hydrogen) atoms. The minimum atomic E-state index is -0.458. The first-order chi connectivity index (χ1) is 62.1. The van der Waals surface area contributed by atoms with Gasteiger partial charge in [-0.1, -0.05) is 66.8 Å². The Kier molecular flexibility index (Phi) is 31.3. The molecule has 0 aromatic carbocycles. The second kappa shape index (κ2) is 41.1. The molecule has 0 heterocycles. The van der Waals surface area contributed by atoms with Crippen LogP contribution in [0.3, 0.4) is 0 Å². The van der Waals surface area contributed by atoms with E-state index in [9.17, 15) is 33.6 Å². The van der Waals surface area contributed by atoms with Gasteiger partial charge in [0, 0.05) is 46.4 Å². The first-order valence-corrected chi connectivity index (χ1v) is 52.0. The van der Waals surface area contributed by atoms with Gasteiger partial charge in [-0.2, -0.15) is 0 Å². The molecule has 0 aromatic heterocycles. The Morgan fingerprint density at radius 3 is 1.08 bits per heavy atom. The predicted octanol–water partition coefficient (Wildman–Crippen LogP) is 23.2. The average Bonchev–Trinajstić information content (AvgIpc) is 1.53. The molecule has 21 atom stereocenters. The zero-order valence-electron chi connectivity index (χ0n) is 82.5. The van der Waals surface area contributed by atoms with Crippen molar-refractivity contribution in [3.8, 4) is 0 Å². The predicted molar refractivity (Wildman–Crippen MR) is 500 cm³/mol. The van der Waals surface area contributed by atoms with Crippen molar-refractivity contribution in [2.24, 2.45) is 159 Å². The van der Waals surface area contributed by atoms with Gasteiger partial charge >= 0.3 is 41.8 Å². The standard InChI is InChI=1S/C18H26O3.C18H28O2.2C16H24O3.2C15H22O3.C13H20O3/c1-9(2)18(19)21-10(3)20-15-8-13-7-14(15)17-12-5-4-11(6-12)16(13)17;1-6-15(19)20-17(5)9-10-18-11-14(17)16(3,4)13(18)8-7-12(18)2;1-10(2)15(17)18-11(3)19-16-7-12-4-13(8-16)6-14(5-12)9-16;1-9(2)16(17)19-10(3)18-15-13-5-11-4-12(7-13)8-14(15)6-11;1-3-14(16)17-10(2)18-15-7-11-4-12(8-15)6-13(5-11)9-15;1-3-14(16)17-9(2)18-15-12-5-10-4-11(7-12)8-13(15)6-10;1-8(2)13(14)16-9(3)15-12-7-10-4-5-11(12)6-10/h10-17H,1,4-8H2,2-3H3;6,12-14H,1,7-11H2,2-5H3;11-14H,1,4-9H2,2-3H3;10-15H,1,4-8H2,2-3H3;3,10-13H,1,4-9H2,2H3;3,9-13,15H,1,4-8H2,2H3;9-12H,1,4-7H2,2-3H3. The Morgan fingerprint density at radius 1 is 0.321 bits per heavy atom. The van der Waals surface area contributed by atoms with Crippen molar-refractivity contribution in [1.82, 2.24) is 0 Å². The van der Waals surface area contributed by atoms with Crippen LogP contribution in [0.15, 0.2) is 86.6 Å². The fourth-order valence-corrected chi connectivity index (χ4v) is 34.0. The van der Waals surface area contributed by atoms with Crippen LogP contribution in [-0.2, 0) is 95.1 Å². The first-order valence-electron chi connectivity index (χ1n) is 52.0. The van der Waals surface area contributed by atoms with E-state index in [-0.39, 0.29) is 52.1 Å². The van der Waals surface area contributed by atoms with Crippen molar-refractivity contribution in [3.05, 3.63) is 86.6 Å². The fourth-order valence-electron chi connectivity index (χ4n) is 34.0. The zero-order chi connectivity index (χ0) is 93.8. The summed E-state index contributed by atoms with van der Waals surface area (Å²) in [5, 5.41) is 0. The second-order valence-electron chi connectivity index (χ2n) is 47.6. The van der Waals surface area contributed by atoms with Crippen molar-refractivity contribution in [3.63, 3.8) is 0 Å². The van der Waals surface area contributed by atoms with Crippen LogP contribution < -0.4 is 0 Å². The lowest BCUT2D eigenvalue weighted by molar-refractivity contribution is -0.244. The third kappa shape index (κ3) is 22.7. The summed E-state index contributed by atoms with van der Waals surface area (Å²) < 4.78 is 73.4. The van der Waals surface area contributed by atoms with Crippen LogP contribution >= 0.6 is 0 Å². The highest BCUT2D eigenvalue weighted by Gasteiger charge is 2.70. The fraction of sp³-hybridized carbons (Fsp3) is 0.811. The van der Waals surface area contributed by atoms with E-state index >= 15 is 0 Å². The minimum absolute atomic E-state index is 0.00435. The number of ether oxygens (including phenoxy) is 13. The van der Waals surface area contributed by atoms with Crippen molar-refractivity contribution in [2.75, 3.05) is 0 Å². The highest BCUT2D eigenvalue weighted by Crippen LogP contribution is 2.74. The van der Waals surface area contributed by atoms with Crippen molar-refractivity contribution in [1.29, 1.82) is 0 Å². The van der Waals surface area contributed by atoms with Crippen LogP contribution in [-0.4, -0.2) is 121 Å². The van der Waals surface area contributed by atoms with Gasteiger partial charge in [0.05, 0.1) is 35.6 Å². The number of carbonyl (C=O) groups excluding carboxylic acids is 7. The van der Waals surface area contributed by atoms with E-state index in [2.05, 4.69) is 73.7 Å². The van der Waals surface area contributed by atoms with Gasteiger partial charge in [-0.05, 0) is 460 Å². The smallest absolute Gasteiger partial charge is 0.335 e. The van der Waals surface area contributed by atoms with E-state index in [1.165, 1.54) is 198 Å². The minimum Gasteiger partial charge on any atom is -0.456 e. The molecule has 24 bridgehead atoms. The number of esters is 7. The van der Waals surface area contributed by atoms with Crippen LogP contribution in [0.2, 0.25) is 0 Å². The molecule has 25 aliphatic rings. The maximum Gasteiger partial charge on any atom is 0.335 e. The third-order valence-electron chi connectivity index (χ3n) is 37.5. The summed E-state index contributed by atoms with van der Waals surface area (Å²) in [5.74, 6) is 18.3. The Balaban J connectivity index is 0.000000117. The summed E-state index contributed by atoms with van der Waals surface area (Å²) in [6.07, 6.45) is 49.2. The van der Waals surface area contributed by atoms with E-state index in [0.29, 0.717) is 87.6 Å². The summed E-state index contributed by atoms with van der Waals surface area (Å²) >= 11 is 0. The molecule has 20 heteroatoms. The summed E-state index contributed by atoms with van der Waals surface area (Å²) in [4.78, 5) is 80.0. The SMILES string of the molecule is C=C(C)C(=O)OC(C)OC12CC3CC(CC(C3)C1)C2.C=C(C)C(=O)OC(C)OC1C2CC3CC(C2)CC1C3.C=C(C)C(=O)OC(C)OC1CC2CC1C1C3CCC(C3)C21.C=C(C)C(=O)OC(C)OC1CC2CCC1C2.C=CC(=O)OC(C)OC12CC3CC(CC(C3)C1)C2.C=CC(=O)OC(C)OC1C2CC3CC(C2)CC1C3.C=CC(=O)OC1(C)CCC23CC1C(C)(C)C2CCC3C. The van der Waals surface area contributed by atoms with Crippen LogP contribution in [0.4, 0.5) is 0 Å². The number of carbonyl (C=O) groups is 7. The molecule has 0 N–H and O–H groups in total. The van der Waals surface area contributed by atoms with Crippen molar-refractivity contribution >= 4 is 41.8 Å². The molecule has 0 saturated heterocycles. The third-order valence-corrected chi connectivity index (χ3v) is 37.5. The van der Waals surface area contributed by atoms with Crippen LogP contribution in [0.5, 0.6) is 0 Å². The summed E-state index contributed by atoms with van der Waals surface area (Å²) in [5.41, 5.74) is 2.20. The van der Waals surface area contributed by atoms with Gasteiger partial charge < -0.3 is 61.6 Å². The highest BCUT2D eigenvalue weighted by molar-refractivity contribution is 5.88. The lowest BCUT2D eigenvalue weighted by Crippen LogP contribution is -2.53. The molecule has 1 spiro atoms. The summed E-state index contributed by atoms with van der Waals surface area (Å²) in [6, 6.07) is 0. The Bertz CT molecular complexity index is 4040. The molecule has 25 aliphatic carbocycles. The van der Waals surface area contributed by atoms with E-state index in [1.807, 2.05) is 34.6 Å². The maximum absolute atomic E-state index is 11.7. The normalized spacial score (nSPS) is 42.8. The average molecular weight is 1820 g/mol. The second-order valence-corrected chi connectivity index (χ2v) is 47.6. The number of hydrogen-bond acceptors (Lipinski definition) is 20. The number of hydrogen-bond donors (Lipinski definition) is 0. The van der Waals surface area contributed by atoms with E-state index in [4.69, 9.17) is 61.6 Å². The monoisotopic (exact) mass is 1820 g/mol. The van der Waals surface area contributed by atoms with Crippen molar-refractivity contribution in [2.45, 2.75) is 407 Å². The van der Waals surface area contributed by atoms with Gasteiger partial charge in [0.1, 0.15) is 5.60 Å². The first kappa shape index (κ1) is 99.7. The van der Waals surface area contributed by atoms with E-state index in [1.54, 1.807) is 34.6 Å². The topological polar surface area (TPSA) is 239 Å². The quantitative estimate of drug-likeness (QED) is 0.0257. The molecule has 25 fully saturated rings. The van der Waals surface area contributed by atoms with Gasteiger partial charge in [-0.15, -0.1) is 0 Å². The highest BCUT2D eigenvalue weighted by atomic mass is 16.7. The molecule has 21 unspecified atom stereocenters. The van der Waals surface area contributed by atoms with Crippen LogP contribution in [0.25, 0.3) is 0 Å². The summed E-state index contributed by atoms with van der Waals surface area (Å²) in [6.45, 7) is 51.7. The number of fused-ring (bicyclic) bond motifs is 12.